The molecule has 0 saturated carbocycles. The SMILES string of the molecule is CCN1CCC[C@@H]1CNC(=O)c1noc2c1COc1ccc(C)cc1-2. The van der Waals surface area contributed by atoms with Crippen molar-refractivity contribution in [3.05, 3.63) is 35.0 Å². The highest BCUT2D eigenvalue weighted by Crippen LogP contribution is 2.39. The quantitative estimate of drug-likeness (QED) is 0.926. The van der Waals surface area contributed by atoms with E-state index in [9.17, 15) is 4.79 Å². The van der Waals surface area contributed by atoms with Gasteiger partial charge in [0.1, 0.15) is 12.4 Å². The molecule has 1 aromatic heterocycles. The molecule has 3 heterocycles. The lowest BCUT2D eigenvalue weighted by Crippen LogP contribution is -2.40. The average Bonchev–Trinajstić information content (AvgIpc) is 3.26. The summed E-state index contributed by atoms with van der Waals surface area (Å²) in [5.74, 6) is 1.23. The predicted molar refractivity (Wildman–Crippen MR) is 93.6 cm³/mol. The molecule has 6 heteroatoms. The van der Waals surface area contributed by atoms with Gasteiger partial charge < -0.3 is 14.6 Å². The lowest BCUT2D eigenvalue weighted by molar-refractivity contribution is 0.0930. The summed E-state index contributed by atoms with van der Waals surface area (Å²) in [5.41, 5.74) is 3.04. The van der Waals surface area contributed by atoms with Crippen molar-refractivity contribution < 1.29 is 14.1 Å². The fraction of sp³-hybridized carbons (Fsp3) is 0.474. The molecule has 25 heavy (non-hydrogen) atoms. The molecule has 0 unspecified atom stereocenters. The van der Waals surface area contributed by atoms with Crippen molar-refractivity contribution in [2.75, 3.05) is 19.6 Å². The first-order chi connectivity index (χ1) is 12.2. The summed E-state index contributed by atoms with van der Waals surface area (Å²) in [6.07, 6.45) is 2.32. The molecule has 132 valence electrons. The number of fused-ring (bicyclic) bond motifs is 3. The Balaban J connectivity index is 1.52. The summed E-state index contributed by atoms with van der Waals surface area (Å²) in [6, 6.07) is 6.33. The fourth-order valence-corrected chi connectivity index (χ4v) is 3.77. The minimum absolute atomic E-state index is 0.187. The van der Waals surface area contributed by atoms with Crippen LogP contribution in [0, 0.1) is 6.92 Å². The highest BCUT2D eigenvalue weighted by Gasteiger charge is 2.30. The van der Waals surface area contributed by atoms with E-state index in [4.69, 9.17) is 9.26 Å². The van der Waals surface area contributed by atoms with Gasteiger partial charge in [0, 0.05) is 12.6 Å². The monoisotopic (exact) mass is 341 g/mol. The smallest absolute Gasteiger partial charge is 0.273 e. The molecule has 2 aliphatic rings. The number of ether oxygens (including phenoxy) is 1. The van der Waals surface area contributed by atoms with Crippen LogP contribution < -0.4 is 10.1 Å². The Morgan fingerprint density at radius 3 is 3.16 bits per heavy atom. The minimum Gasteiger partial charge on any atom is -0.488 e. The summed E-state index contributed by atoms with van der Waals surface area (Å²) < 4.78 is 11.3. The molecule has 4 rings (SSSR count). The zero-order valence-corrected chi connectivity index (χ0v) is 14.7. The van der Waals surface area contributed by atoms with Crippen LogP contribution in [0.1, 0.15) is 41.4 Å². The van der Waals surface area contributed by atoms with E-state index < -0.39 is 0 Å². The number of hydrogen-bond donors (Lipinski definition) is 1. The van der Waals surface area contributed by atoms with Crippen LogP contribution in [0.3, 0.4) is 0 Å². The highest BCUT2D eigenvalue weighted by atomic mass is 16.5. The number of carbonyl (C=O) groups excluding carboxylic acids is 1. The third-order valence-corrected chi connectivity index (χ3v) is 5.16. The van der Waals surface area contributed by atoms with E-state index in [1.54, 1.807) is 0 Å². The predicted octanol–water partition coefficient (Wildman–Crippen LogP) is 2.76. The summed E-state index contributed by atoms with van der Waals surface area (Å²) in [6.45, 7) is 7.25. The number of rotatable bonds is 4. The fourth-order valence-electron chi connectivity index (χ4n) is 3.77. The Labute approximate surface area is 147 Å². The van der Waals surface area contributed by atoms with Gasteiger partial charge in [-0.25, -0.2) is 0 Å². The number of hydrogen-bond acceptors (Lipinski definition) is 5. The Kier molecular flexibility index (Phi) is 4.21. The molecule has 0 bridgehead atoms. The Bertz CT molecular complexity index is 799. The number of likely N-dealkylation sites (tertiary alicyclic amines) is 1. The number of aromatic nitrogens is 1. The van der Waals surface area contributed by atoms with Crippen molar-refractivity contribution in [1.82, 2.24) is 15.4 Å². The molecule has 0 spiro atoms. The first-order valence-corrected chi connectivity index (χ1v) is 8.92. The van der Waals surface area contributed by atoms with Crippen molar-refractivity contribution in [3.63, 3.8) is 0 Å². The molecule has 2 aromatic rings. The van der Waals surface area contributed by atoms with Gasteiger partial charge in [-0.05, 0) is 45.0 Å². The molecule has 6 nitrogen and oxygen atoms in total. The van der Waals surface area contributed by atoms with Gasteiger partial charge in [0.05, 0.1) is 11.1 Å². The number of nitrogens with zero attached hydrogens (tertiary/aromatic N) is 2. The molecule has 1 N–H and O–H groups in total. The van der Waals surface area contributed by atoms with Crippen molar-refractivity contribution in [1.29, 1.82) is 0 Å². The number of aryl methyl sites for hydroxylation is 1. The first-order valence-electron chi connectivity index (χ1n) is 8.92. The molecule has 0 aliphatic carbocycles. The molecular weight excluding hydrogens is 318 g/mol. The number of nitrogens with one attached hydrogen (secondary N) is 1. The van der Waals surface area contributed by atoms with Crippen LogP contribution in [0.15, 0.2) is 22.7 Å². The summed E-state index contributed by atoms with van der Waals surface area (Å²) in [5, 5.41) is 7.05. The first kappa shape index (κ1) is 16.1. The van der Waals surface area contributed by atoms with Crippen molar-refractivity contribution in [2.45, 2.75) is 39.3 Å². The van der Waals surface area contributed by atoms with E-state index in [-0.39, 0.29) is 5.91 Å². The van der Waals surface area contributed by atoms with E-state index in [1.807, 2.05) is 25.1 Å². The molecule has 1 saturated heterocycles. The molecule has 1 fully saturated rings. The molecule has 0 radical (unpaired) electrons. The van der Waals surface area contributed by atoms with Crippen LogP contribution in [0.4, 0.5) is 0 Å². The van der Waals surface area contributed by atoms with Gasteiger partial charge in [-0.3, -0.25) is 9.69 Å². The number of carbonyl (C=O) groups is 1. The Morgan fingerprint density at radius 1 is 1.44 bits per heavy atom. The summed E-state index contributed by atoms with van der Waals surface area (Å²) in [4.78, 5) is 15.0. The second-order valence-electron chi connectivity index (χ2n) is 6.76. The lowest BCUT2D eigenvalue weighted by Gasteiger charge is -2.22. The Hall–Kier alpha value is -2.34. The van der Waals surface area contributed by atoms with Gasteiger partial charge in [0.25, 0.3) is 5.91 Å². The largest absolute Gasteiger partial charge is 0.488 e. The summed E-state index contributed by atoms with van der Waals surface area (Å²) >= 11 is 0. The number of benzene rings is 1. The van der Waals surface area contributed by atoms with Crippen LogP contribution in [0.25, 0.3) is 11.3 Å². The lowest BCUT2D eigenvalue weighted by atomic mass is 10.0. The van der Waals surface area contributed by atoms with Crippen LogP contribution in [0.2, 0.25) is 0 Å². The summed E-state index contributed by atoms with van der Waals surface area (Å²) in [7, 11) is 0. The third kappa shape index (κ3) is 2.91. The number of likely N-dealkylation sites (N-methyl/N-ethyl adjacent to an activating group) is 1. The van der Waals surface area contributed by atoms with Crippen LogP contribution in [-0.2, 0) is 6.61 Å². The van der Waals surface area contributed by atoms with E-state index in [0.717, 1.165) is 42.0 Å². The van der Waals surface area contributed by atoms with Crippen LogP contribution in [0.5, 0.6) is 5.75 Å². The average molecular weight is 341 g/mol. The van der Waals surface area contributed by atoms with E-state index >= 15 is 0 Å². The molecule has 1 amide bonds. The van der Waals surface area contributed by atoms with Crippen molar-refractivity contribution >= 4 is 5.91 Å². The maximum atomic E-state index is 12.6. The second kappa shape index (κ2) is 6.52. The molecular formula is C19H23N3O3. The molecule has 2 aliphatic heterocycles. The molecule has 1 aromatic carbocycles. The maximum absolute atomic E-state index is 12.6. The van der Waals surface area contributed by atoms with Crippen LogP contribution >= 0.6 is 0 Å². The van der Waals surface area contributed by atoms with Crippen molar-refractivity contribution in [3.8, 4) is 17.1 Å². The van der Waals surface area contributed by atoms with Gasteiger partial charge in [-0.2, -0.15) is 0 Å². The van der Waals surface area contributed by atoms with Gasteiger partial charge in [-0.15, -0.1) is 0 Å². The van der Waals surface area contributed by atoms with E-state index in [2.05, 4.69) is 22.3 Å². The van der Waals surface area contributed by atoms with Crippen LogP contribution in [-0.4, -0.2) is 41.6 Å². The Morgan fingerprint density at radius 2 is 2.32 bits per heavy atom. The molecule has 1 atom stereocenters. The number of amides is 1. The normalized spacial score (nSPS) is 19.2. The van der Waals surface area contributed by atoms with Gasteiger partial charge >= 0.3 is 0 Å². The zero-order chi connectivity index (χ0) is 17.4. The van der Waals surface area contributed by atoms with Gasteiger partial charge in [0.2, 0.25) is 0 Å². The maximum Gasteiger partial charge on any atom is 0.273 e. The van der Waals surface area contributed by atoms with E-state index in [1.165, 1.54) is 6.42 Å². The van der Waals surface area contributed by atoms with Gasteiger partial charge in [0.15, 0.2) is 11.5 Å². The van der Waals surface area contributed by atoms with E-state index in [0.29, 0.717) is 30.6 Å². The van der Waals surface area contributed by atoms with Crippen molar-refractivity contribution in [2.24, 2.45) is 0 Å². The topological polar surface area (TPSA) is 67.6 Å². The zero-order valence-electron chi connectivity index (χ0n) is 14.7. The standard InChI is InChI=1S/C19H23N3O3/c1-3-22-8-4-5-13(22)10-20-19(23)17-15-11-24-16-7-6-12(2)9-14(16)18(15)25-21-17/h6-7,9,13H,3-5,8,10-11H2,1-2H3,(H,20,23)/t13-/m1/s1. The highest BCUT2D eigenvalue weighted by molar-refractivity contribution is 5.95. The third-order valence-electron chi connectivity index (χ3n) is 5.16. The minimum atomic E-state index is -0.187. The second-order valence-corrected chi connectivity index (χ2v) is 6.76. The van der Waals surface area contributed by atoms with Gasteiger partial charge in [-0.1, -0.05) is 23.7 Å².